The van der Waals surface area contributed by atoms with Crippen molar-refractivity contribution in [3.8, 4) is 0 Å². The lowest BCUT2D eigenvalue weighted by molar-refractivity contribution is 0.408. The first-order valence-electron chi connectivity index (χ1n) is 4.82. The molecule has 2 nitrogen and oxygen atoms in total. The molecular weight excluding hydrogens is 248 g/mol. The highest BCUT2D eigenvalue weighted by Gasteiger charge is 2.41. The third-order valence-corrected chi connectivity index (χ3v) is 4.62. The molecule has 2 saturated carbocycles. The molecule has 2 fully saturated rings. The molecule has 3 rings (SSSR count). The van der Waals surface area contributed by atoms with Crippen molar-refractivity contribution in [2.24, 2.45) is 11.8 Å². The van der Waals surface area contributed by atoms with Crippen LogP contribution in [0.1, 0.15) is 37.4 Å². The van der Waals surface area contributed by atoms with Gasteiger partial charge >= 0.3 is 0 Å². The largest absolute Gasteiger partial charge is 0.212 e. The zero-order chi connectivity index (χ0) is 8.84. The van der Waals surface area contributed by atoms with Crippen LogP contribution in [-0.2, 0) is 0 Å². The van der Waals surface area contributed by atoms with E-state index >= 15 is 0 Å². The van der Waals surface area contributed by atoms with E-state index in [1.54, 1.807) is 0 Å². The maximum atomic E-state index is 4.44. The maximum Gasteiger partial charge on any atom is 0.179 e. The van der Waals surface area contributed by atoms with Crippen LogP contribution < -0.4 is 0 Å². The van der Waals surface area contributed by atoms with E-state index in [9.17, 15) is 0 Å². The number of fused-ring (bicyclic) bond motifs is 2. The Balaban J connectivity index is 1.87. The van der Waals surface area contributed by atoms with E-state index in [1.165, 1.54) is 37.2 Å². The summed E-state index contributed by atoms with van der Waals surface area (Å²) in [6, 6.07) is 0. The van der Waals surface area contributed by atoms with Crippen molar-refractivity contribution >= 4 is 27.5 Å². The first kappa shape index (κ1) is 8.36. The van der Waals surface area contributed by atoms with Crippen LogP contribution in [-0.4, -0.2) is 9.36 Å². The Morgan fingerprint density at radius 3 is 2.77 bits per heavy atom. The Kier molecular flexibility index (Phi) is 1.94. The van der Waals surface area contributed by atoms with Crippen LogP contribution in [0.3, 0.4) is 0 Å². The van der Waals surface area contributed by atoms with E-state index < -0.39 is 0 Å². The van der Waals surface area contributed by atoms with Crippen molar-refractivity contribution in [2.75, 3.05) is 0 Å². The molecule has 3 atom stereocenters. The highest BCUT2D eigenvalue weighted by Crippen LogP contribution is 2.52. The van der Waals surface area contributed by atoms with Crippen LogP contribution in [0.15, 0.2) is 3.92 Å². The van der Waals surface area contributed by atoms with Gasteiger partial charge in [0.25, 0.3) is 0 Å². The summed E-state index contributed by atoms with van der Waals surface area (Å²) in [7, 11) is 0. The lowest BCUT2D eigenvalue weighted by Crippen LogP contribution is -2.09. The van der Waals surface area contributed by atoms with Gasteiger partial charge in [-0.05, 0) is 58.6 Å². The van der Waals surface area contributed by atoms with Gasteiger partial charge in [-0.2, -0.15) is 4.37 Å². The first-order valence-corrected chi connectivity index (χ1v) is 6.38. The highest BCUT2D eigenvalue weighted by atomic mass is 79.9. The topological polar surface area (TPSA) is 25.8 Å². The number of rotatable bonds is 1. The minimum Gasteiger partial charge on any atom is -0.212 e. The summed E-state index contributed by atoms with van der Waals surface area (Å²) in [5, 5.41) is 0. The molecule has 0 N–H and O–H groups in total. The summed E-state index contributed by atoms with van der Waals surface area (Å²) < 4.78 is 5.34. The molecule has 2 bridgehead atoms. The van der Waals surface area contributed by atoms with Gasteiger partial charge in [-0.25, -0.2) is 4.98 Å². The molecular formula is C9H11BrN2S. The van der Waals surface area contributed by atoms with Crippen molar-refractivity contribution in [3.63, 3.8) is 0 Å². The molecule has 3 unspecified atom stereocenters. The third kappa shape index (κ3) is 1.34. The van der Waals surface area contributed by atoms with E-state index in [-0.39, 0.29) is 0 Å². The van der Waals surface area contributed by atoms with E-state index in [1.807, 2.05) is 0 Å². The second-order valence-electron chi connectivity index (χ2n) is 4.19. The molecule has 70 valence electrons. The van der Waals surface area contributed by atoms with Crippen molar-refractivity contribution in [1.29, 1.82) is 0 Å². The zero-order valence-electron chi connectivity index (χ0n) is 7.24. The molecule has 1 aromatic heterocycles. The summed E-state index contributed by atoms with van der Waals surface area (Å²) >= 11 is 4.85. The number of hydrogen-bond donors (Lipinski definition) is 0. The average molecular weight is 259 g/mol. The van der Waals surface area contributed by atoms with Gasteiger partial charge in [0.15, 0.2) is 3.92 Å². The van der Waals surface area contributed by atoms with Crippen LogP contribution in [0.25, 0.3) is 0 Å². The minimum atomic E-state index is 0.682. The van der Waals surface area contributed by atoms with Gasteiger partial charge in [-0.15, -0.1) is 0 Å². The van der Waals surface area contributed by atoms with Crippen molar-refractivity contribution in [2.45, 2.75) is 31.6 Å². The summed E-state index contributed by atoms with van der Waals surface area (Å²) in [6.45, 7) is 0. The fourth-order valence-corrected chi connectivity index (χ4v) is 3.81. The van der Waals surface area contributed by atoms with Gasteiger partial charge in [0.05, 0.1) is 0 Å². The minimum absolute atomic E-state index is 0.682. The predicted molar refractivity (Wildman–Crippen MR) is 55.8 cm³/mol. The van der Waals surface area contributed by atoms with Crippen LogP contribution in [0, 0.1) is 11.8 Å². The molecule has 0 aromatic carbocycles. The monoisotopic (exact) mass is 258 g/mol. The molecule has 13 heavy (non-hydrogen) atoms. The number of aromatic nitrogens is 2. The van der Waals surface area contributed by atoms with E-state index in [0.717, 1.165) is 21.6 Å². The molecule has 2 aliphatic rings. The smallest absolute Gasteiger partial charge is 0.179 e. The summed E-state index contributed by atoms with van der Waals surface area (Å²) in [5.74, 6) is 3.66. The van der Waals surface area contributed by atoms with Crippen molar-refractivity contribution in [3.05, 3.63) is 9.74 Å². The second kappa shape index (κ2) is 3.02. The SMILES string of the molecule is Brc1nc(C2CC3CCC2C3)ns1. The van der Waals surface area contributed by atoms with Gasteiger partial charge < -0.3 is 0 Å². The predicted octanol–water partition coefficient (Wildman–Crippen LogP) is 3.20. The van der Waals surface area contributed by atoms with Crippen LogP contribution in [0.2, 0.25) is 0 Å². The average Bonchev–Trinajstić information content (AvgIpc) is 2.77. The molecule has 0 radical (unpaired) electrons. The molecule has 0 saturated heterocycles. The second-order valence-corrected chi connectivity index (χ2v) is 6.21. The van der Waals surface area contributed by atoms with Gasteiger partial charge in [-0.1, -0.05) is 6.42 Å². The van der Waals surface area contributed by atoms with Gasteiger partial charge in [-0.3, -0.25) is 0 Å². The van der Waals surface area contributed by atoms with E-state index in [2.05, 4.69) is 25.3 Å². The van der Waals surface area contributed by atoms with Crippen LogP contribution >= 0.6 is 27.5 Å². The highest BCUT2D eigenvalue weighted by molar-refractivity contribution is 9.11. The van der Waals surface area contributed by atoms with E-state index in [0.29, 0.717) is 5.92 Å². The Morgan fingerprint density at radius 1 is 1.31 bits per heavy atom. The molecule has 0 amide bonds. The van der Waals surface area contributed by atoms with E-state index in [4.69, 9.17) is 0 Å². The lowest BCUT2D eigenvalue weighted by Gasteiger charge is -2.17. The van der Waals surface area contributed by atoms with Crippen LogP contribution in [0.4, 0.5) is 0 Å². The third-order valence-electron chi connectivity index (χ3n) is 3.49. The molecule has 1 heterocycles. The molecule has 1 aromatic rings. The van der Waals surface area contributed by atoms with Gasteiger partial charge in [0.2, 0.25) is 0 Å². The van der Waals surface area contributed by atoms with Crippen molar-refractivity contribution < 1.29 is 0 Å². The Labute approximate surface area is 90.1 Å². The molecule has 4 heteroatoms. The Morgan fingerprint density at radius 2 is 2.23 bits per heavy atom. The number of hydrogen-bond acceptors (Lipinski definition) is 3. The van der Waals surface area contributed by atoms with Crippen LogP contribution in [0.5, 0.6) is 0 Å². The molecule has 0 spiro atoms. The van der Waals surface area contributed by atoms with Crippen molar-refractivity contribution in [1.82, 2.24) is 9.36 Å². The Bertz CT molecular complexity index is 325. The van der Waals surface area contributed by atoms with Gasteiger partial charge in [0.1, 0.15) is 5.82 Å². The Hall–Kier alpha value is 0.0400. The quantitative estimate of drug-likeness (QED) is 0.774. The normalized spacial score (nSPS) is 37.2. The zero-order valence-corrected chi connectivity index (χ0v) is 9.64. The standard InChI is InChI=1S/C9H11BrN2S/c10-9-11-8(12-13-9)7-4-5-1-2-6(7)3-5/h5-7H,1-4H2. The fraction of sp³-hybridized carbons (Fsp3) is 0.778. The first-order chi connectivity index (χ1) is 6.33. The fourth-order valence-electron chi connectivity index (χ4n) is 2.93. The lowest BCUT2D eigenvalue weighted by atomic mass is 9.88. The summed E-state index contributed by atoms with van der Waals surface area (Å²) in [4.78, 5) is 4.44. The summed E-state index contributed by atoms with van der Waals surface area (Å²) in [5.41, 5.74) is 0. The number of halogens is 1. The maximum absolute atomic E-state index is 4.44. The van der Waals surface area contributed by atoms with Gasteiger partial charge in [0, 0.05) is 5.92 Å². The molecule has 2 aliphatic carbocycles. The number of nitrogens with zero attached hydrogens (tertiary/aromatic N) is 2. The molecule has 0 aliphatic heterocycles. The summed E-state index contributed by atoms with van der Waals surface area (Å²) in [6.07, 6.45) is 5.63.